The molecular formula is C10H12FNO2. The Morgan fingerprint density at radius 3 is 2.71 bits per heavy atom. The van der Waals surface area contributed by atoms with Crippen molar-refractivity contribution in [3.63, 3.8) is 0 Å². The molecule has 0 aliphatic heterocycles. The van der Waals surface area contributed by atoms with Crippen molar-refractivity contribution in [3.05, 3.63) is 35.1 Å². The van der Waals surface area contributed by atoms with Gasteiger partial charge in [-0.3, -0.25) is 0 Å². The third-order valence-corrected chi connectivity index (χ3v) is 2.16. The fraction of sp³-hybridized carbons (Fsp3) is 0.300. The van der Waals surface area contributed by atoms with Crippen LogP contribution in [0.3, 0.4) is 0 Å². The van der Waals surface area contributed by atoms with E-state index in [0.29, 0.717) is 5.56 Å². The molecule has 0 heterocycles. The second kappa shape index (κ2) is 4.19. The van der Waals surface area contributed by atoms with Crippen LogP contribution >= 0.6 is 0 Å². The highest BCUT2D eigenvalue weighted by Crippen LogP contribution is 2.19. The summed E-state index contributed by atoms with van der Waals surface area (Å²) in [5.74, 6) is -1.91. The fourth-order valence-electron chi connectivity index (χ4n) is 1.20. The lowest BCUT2D eigenvalue weighted by atomic mass is 10.0. The summed E-state index contributed by atoms with van der Waals surface area (Å²) in [6.07, 6.45) is 0. The molecule has 76 valence electrons. The van der Waals surface area contributed by atoms with E-state index in [4.69, 9.17) is 5.11 Å². The molecule has 0 fully saturated rings. The van der Waals surface area contributed by atoms with Crippen molar-refractivity contribution in [3.8, 4) is 0 Å². The predicted octanol–water partition coefficient (Wildman–Crippen LogP) is 1.80. The minimum atomic E-state index is -1.24. The molecule has 0 bridgehead atoms. The highest BCUT2D eigenvalue weighted by Gasteiger charge is 2.16. The number of hydrogen-bond acceptors (Lipinski definition) is 2. The molecular weight excluding hydrogens is 185 g/mol. The normalized spacial score (nSPS) is 12.5. The largest absolute Gasteiger partial charge is 0.478 e. The van der Waals surface area contributed by atoms with Crippen LogP contribution in [0, 0.1) is 5.82 Å². The van der Waals surface area contributed by atoms with Gasteiger partial charge in [-0.05, 0) is 20.0 Å². The summed E-state index contributed by atoms with van der Waals surface area (Å²) in [6, 6.07) is 4.16. The molecule has 0 saturated heterocycles. The number of carboxylic acids is 1. The lowest BCUT2D eigenvalue weighted by Crippen LogP contribution is -2.15. The molecule has 4 heteroatoms. The predicted molar refractivity (Wildman–Crippen MR) is 50.8 cm³/mol. The third kappa shape index (κ3) is 1.90. The monoisotopic (exact) mass is 197 g/mol. The topological polar surface area (TPSA) is 49.3 Å². The van der Waals surface area contributed by atoms with Crippen molar-refractivity contribution in [2.45, 2.75) is 13.0 Å². The Morgan fingerprint density at radius 2 is 2.21 bits per heavy atom. The zero-order valence-corrected chi connectivity index (χ0v) is 8.04. The first-order valence-corrected chi connectivity index (χ1v) is 4.27. The van der Waals surface area contributed by atoms with E-state index in [0.717, 1.165) is 0 Å². The van der Waals surface area contributed by atoms with Gasteiger partial charge in [0.25, 0.3) is 0 Å². The molecule has 1 atom stereocenters. The van der Waals surface area contributed by atoms with Gasteiger partial charge in [-0.1, -0.05) is 12.1 Å². The number of rotatable bonds is 3. The molecule has 0 aliphatic rings. The van der Waals surface area contributed by atoms with Crippen molar-refractivity contribution >= 4 is 5.97 Å². The van der Waals surface area contributed by atoms with Crippen LogP contribution in [-0.2, 0) is 0 Å². The Labute approximate surface area is 81.6 Å². The Bertz CT molecular complexity index is 352. The molecule has 0 radical (unpaired) electrons. The van der Waals surface area contributed by atoms with Gasteiger partial charge in [0.15, 0.2) is 0 Å². The van der Waals surface area contributed by atoms with Crippen molar-refractivity contribution in [1.29, 1.82) is 0 Å². The first-order valence-electron chi connectivity index (χ1n) is 4.27. The maximum absolute atomic E-state index is 13.5. The van der Waals surface area contributed by atoms with E-state index in [1.807, 2.05) is 0 Å². The molecule has 0 spiro atoms. The summed E-state index contributed by atoms with van der Waals surface area (Å²) < 4.78 is 13.5. The highest BCUT2D eigenvalue weighted by molar-refractivity contribution is 5.88. The molecule has 1 unspecified atom stereocenters. The molecule has 0 amide bonds. The number of hydrogen-bond donors (Lipinski definition) is 2. The number of carbonyl (C=O) groups is 1. The fourth-order valence-corrected chi connectivity index (χ4v) is 1.20. The van der Waals surface area contributed by atoms with E-state index in [1.165, 1.54) is 12.1 Å². The summed E-state index contributed by atoms with van der Waals surface area (Å²) in [4.78, 5) is 10.6. The molecule has 0 aromatic heterocycles. The molecule has 2 N–H and O–H groups in total. The maximum Gasteiger partial charge on any atom is 0.338 e. The number of aromatic carboxylic acids is 1. The Balaban J connectivity index is 3.20. The second-order valence-electron chi connectivity index (χ2n) is 3.02. The minimum absolute atomic E-state index is 0.200. The zero-order valence-electron chi connectivity index (χ0n) is 8.04. The van der Waals surface area contributed by atoms with E-state index < -0.39 is 11.8 Å². The minimum Gasteiger partial charge on any atom is -0.478 e. The first-order chi connectivity index (χ1) is 6.57. The summed E-state index contributed by atoms with van der Waals surface area (Å²) in [5.41, 5.74) is 0.0806. The summed E-state index contributed by atoms with van der Waals surface area (Å²) in [7, 11) is 1.69. The van der Waals surface area contributed by atoms with Crippen LogP contribution in [0.5, 0.6) is 0 Å². The van der Waals surface area contributed by atoms with Crippen LogP contribution in [0.4, 0.5) is 4.39 Å². The van der Waals surface area contributed by atoms with Gasteiger partial charge in [0, 0.05) is 11.6 Å². The number of benzene rings is 1. The molecule has 0 saturated carbocycles. The standard InChI is InChI=1S/C10H12FNO2/c1-6(12-2)7-4-3-5-8(9(7)11)10(13)14/h3-6,12H,1-2H3,(H,13,14). The Hall–Kier alpha value is -1.42. The van der Waals surface area contributed by atoms with Gasteiger partial charge in [0.1, 0.15) is 5.82 Å². The summed E-state index contributed by atoms with van der Waals surface area (Å²) in [5, 5.41) is 11.5. The van der Waals surface area contributed by atoms with Crippen LogP contribution in [0.2, 0.25) is 0 Å². The van der Waals surface area contributed by atoms with Gasteiger partial charge >= 0.3 is 5.97 Å². The average Bonchev–Trinajstić information content (AvgIpc) is 2.16. The first kappa shape index (κ1) is 10.7. The van der Waals surface area contributed by atoms with Gasteiger partial charge in [-0.15, -0.1) is 0 Å². The van der Waals surface area contributed by atoms with E-state index in [2.05, 4.69) is 5.32 Å². The van der Waals surface area contributed by atoms with Gasteiger partial charge in [0.2, 0.25) is 0 Å². The lowest BCUT2D eigenvalue weighted by molar-refractivity contribution is 0.0691. The molecule has 1 rings (SSSR count). The Morgan fingerprint density at radius 1 is 1.57 bits per heavy atom. The maximum atomic E-state index is 13.5. The van der Waals surface area contributed by atoms with Crippen molar-refractivity contribution in [2.24, 2.45) is 0 Å². The van der Waals surface area contributed by atoms with Crippen molar-refractivity contribution in [1.82, 2.24) is 5.32 Å². The van der Waals surface area contributed by atoms with Gasteiger partial charge in [-0.25, -0.2) is 9.18 Å². The van der Waals surface area contributed by atoms with Crippen LogP contribution in [0.1, 0.15) is 28.9 Å². The highest BCUT2D eigenvalue weighted by atomic mass is 19.1. The number of halogens is 1. The van der Waals surface area contributed by atoms with Crippen LogP contribution < -0.4 is 5.32 Å². The third-order valence-electron chi connectivity index (χ3n) is 2.16. The molecule has 3 nitrogen and oxygen atoms in total. The molecule has 1 aromatic rings. The van der Waals surface area contributed by atoms with Crippen LogP contribution in [0.25, 0.3) is 0 Å². The van der Waals surface area contributed by atoms with E-state index >= 15 is 0 Å². The number of nitrogens with one attached hydrogen (secondary N) is 1. The van der Waals surface area contributed by atoms with Gasteiger partial charge < -0.3 is 10.4 Å². The molecule has 14 heavy (non-hydrogen) atoms. The van der Waals surface area contributed by atoms with E-state index in [9.17, 15) is 9.18 Å². The Kier molecular flexibility index (Phi) is 3.19. The van der Waals surface area contributed by atoms with Crippen molar-refractivity contribution < 1.29 is 14.3 Å². The number of carboxylic acid groups (broad SMARTS) is 1. The summed E-state index contributed by atoms with van der Waals surface area (Å²) >= 11 is 0. The summed E-state index contributed by atoms with van der Waals surface area (Å²) in [6.45, 7) is 1.77. The van der Waals surface area contributed by atoms with Crippen LogP contribution in [0.15, 0.2) is 18.2 Å². The van der Waals surface area contributed by atoms with Gasteiger partial charge in [0.05, 0.1) is 5.56 Å². The van der Waals surface area contributed by atoms with Crippen molar-refractivity contribution in [2.75, 3.05) is 7.05 Å². The van der Waals surface area contributed by atoms with E-state index in [-0.39, 0.29) is 11.6 Å². The van der Waals surface area contributed by atoms with Crippen LogP contribution in [-0.4, -0.2) is 18.1 Å². The smallest absolute Gasteiger partial charge is 0.338 e. The zero-order chi connectivity index (χ0) is 10.7. The SMILES string of the molecule is CNC(C)c1cccc(C(=O)O)c1F. The molecule has 1 aromatic carbocycles. The quantitative estimate of drug-likeness (QED) is 0.776. The lowest BCUT2D eigenvalue weighted by Gasteiger charge is -2.12. The van der Waals surface area contributed by atoms with E-state index in [1.54, 1.807) is 20.0 Å². The van der Waals surface area contributed by atoms with Gasteiger partial charge in [-0.2, -0.15) is 0 Å². The average molecular weight is 197 g/mol. The second-order valence-corrected chi connectivity index (χ2v) is 3.02. The molecule has 0 aliphatic carbocycles.